The molecule has 0 aliphatic rings. The lowest BCUT2D eigenvalue weighted by molar-refractivity contribution is -0.144. The number of halogens is 3. The van der Waals surface area contributed by atoms with Crippen LogP contribution in [0.2, 0.25) is 0 Å². The minimum Gasteiger partial charge on any atom is -0.480 e. The van der Waals surface area contributed by atoms with Gasteiger partial charge in [-0.25, -0.2) is 4.68 Å². The van der Waals surface area contributed by atoms with Gasteiger partial charge in [-0.2, -0.15) is 22.5 Å². The van der Waals surface area contributed by atoms with Gasteiger partial charge in [0.2, 0.25) is 11.0 Å². The van der Waals surface area contributed by atoms with Crippen LogP contribution in [0.15, 0.2) is 6.20 Å². The van der Waals surface area contributed by atoms with Crippen LogP contribution in [0.5, 0.6) is 0 Å². The van der Waals surface area contributed by atoms with Gasteiger partial charge in [0.15, 0.2) is 0 Å². The normalized spacial score (nSPS) is 11.6. The fourth-order valence-electron chi connectivity index (χ4n) is 1.21. The summed E-state index contributed by atoms with van der Waals surface area (Å²) in [5.41, 5.74) is 0.370. The fraction of sp³-hybridized carbons (Fsp3) is 0.375. The molecule has 0 spiro atoms. The van der Waals surface area contributed by atoms with Crippen LogP contribution in [0.3, 0.4) is 0 Å². The molecule has 108 valence electrons. The molecule has 0 saturated carbocycles. The fourth-order valence-corrected chi connectivity index (χ4v) is 1.79. The van der Waals surface area contributed by atoms with Crippen molar-refractivity contribution in [3.05, 3.63) is 17.7 Å². The molecule has 2 aromatic rings. The van der Waals surface area contributed by atoms with E-state index in [1.165, 1.54) is 6.20 Å². The SMILES string of the molecule is O=C(O)Cn1cc(CNc2nc(C(F)(F)F)ns2)nn1. The molecule has 2 N–H and O–H groups in total. The van der Waals surface area contributed by atoms with Crippen LogP contribution < -0.4 is 5.32 Å². The van der Waals surface area contributed by atoms with Crippen molar-refractivity contribution in [2.45, 2.75) is 19.3 Å². The van der Waals surface area contributed by atoms with E-state index in [1.807, 2.05) is 0 Å². The second-order valence-corrected chi connectivity index (χ2v) is 4.33. The first kappa shape index (κ1) is 14.2. The Labute approximate surface area is 113 Å². The molecule has 2 rings (SSSR count). The molecule has 0 atom stereocenters. The van der Waals surface area contributed by atoms with Crippen LogP contribution in [0, 0.1) is 0 Å². The van der Waals surface area contributed by atoms with E-state index in [-0.39, 0.29) is 18.2 Å². The molecule has 2 aromatic heterocycles. The summed E-state index contributed by atoms with van der Waals surface area (Å²) in [5, 5.41) is 18.3. The maximum absolute atomic E-state index is 12.3. The van der Waals surface area contributed by atoms with Crippen LogP contribution in [-0.2, 0) is 24.1 Å². The zero-order valence-electron chi connectivity index (χ0n) is 9.63. The van der Waals surface area contributed by atoms with Gasteiger partial charge >= 0.3 is 12.1 Å². The summed E-state index contributed by atoms with van der Waals surface area (Å²) >= 11 is 0.572. The molecule has 0 saturated heterocycles. The van der Waals surface area contributed by atoms with E-state index in [1.54, 1.807) is 0 Å². The lowest BCUT2D eigenvalue weighted by Gasteiger charge is -1.99. The number of nitrogens with one attached hydrogen (secondary N) is 1. The second kappa shape index (κ2) is 5.40. The predicted octanol–water partition coefficient (Wildman–Crippen LogP) is 0.845. The highest BCUT2D eigenvalue weighted by molar-refractivity contribution is 7.09. The maximum atomic E-state index is 12.3. The second-order valence-electron chi connectivity index (χ2n) is 3.58. The van der Waals surface area contributed by atoms with Gasteiger partial charge in [0.05, 0.1) is 12.7 Å². The Morgan fingerprint density at radius 1 is 1.50 bits per heavy atom. The molecular formula is C8H7F3N6O2S. The molecule has 0 amide bonds. The Morgan fingerprint density at radius 3 is 2.85 bits per heavy atom. The van der Waals surface area contributed by atoms with Gasteiger partial charge in [-0.15, -0.1) is 5.10 Å². The van der Waals surface area contributed by atoms with E-state index < -0.39 is 18.0 Å². The molecule has 20 heavy (non-hydrogen) atoms. The zero-order chi connectivity index (χ0) is 14.8. The number of anilines is 1. The van der Waals surface area contributed by atoms with Gasteiger partial charge < -0.3 is 10.4 Å². The van der Waals surface area contributed by atoms with Crippen molar-refractivity contribution in [1.29, 1.82) is 0 Å². The summed E-state index contributed by atoms with van der Waals surface area (Å²) in [4.78, 5) is 13.7. The maximum Gasteiger partial charge on any atom is 0.452 e. The Kier molecular flexibility index (Phi) is 3.83. The van der Waals surface area contributed by atoms with E-state index in [4.69, 9.17) is 5.11 Å². The third-order valence-corrected chi connectivity index (χ3v) is 2.66. The van der Waals surface area contributed by atoms with Gasteiger partial charge in [-0.1, -0.05) is 5.21 Å². The highest BCUT2D eigenvalue weighted by Gasteiger charge is 2.36. The van der Waals surface area contributed by atoms with Crippen LogP contribution in [-0.4, -0.2) is 35.4 Å². The van der Waals surface area contributed by atoms with Crippen molar-refractivity contribution in [2.75, 3.05) is 5.32 Å². The van der Waals surface area contributed by atoms with Crippen molar-refractivity contribution in [2.24, 2.45) is 0 Å². The Morgan fingerprint density at radius 2 is 2.25 bits per heavy atom. The number of aromatic nitrogens is 5. The number of nitrogens with zero attached hydrogens (tertiary/aromatic N) is 5. The lowest BCUT2D eigenvalue weighted by atomic mass is 10.5. The van der Waals surface area contributed by atoms with E-state index in [9.17, 15) is 18.0 Å². The largest absolute Gasteiger partial charge is 0.480 e. The molecule has 0 unspecified atom stereocenters. The number of alkyl halides is 3. The minimum absolute atomic E-state index is 0.00916. The number of carboxylic acids is 1. The topological polar surface area (TPSA) is 106 Å². The third-order valence-electron chi connectivity index (χ3n) is 1.98. The molecule has 2 heterocycles. The minimum atomic E-state index is -4.58. The number of hydrogen-bond acceptors (Lipinski definition) is 7. The summed E-state index contributed by atoms with van der Waals surface area (Å²) < 4.78 is 41.1. The monoisotopic (exact) mass is 308 g/mol. The van der Waals surface area contributed by atoms with Crippen molar-refractivity contribution >= 4 is 22.6 Å². The standard InChI is InChI=1S/C8H7F3N6O2S/c9-8(10,11)6-13-7(20-15-6)12-1-4-2-17(16-14-4)3-5(18)19/h2H,1,3H2,(H,18,19)(H,12,13,15). The summed E-state index contributed by atoms with van der Waals surface area (Å²) in [5.74, 6) is -2.28. The molecule has 0 aromatic carbocycles. The van der Waals surface area contributed by atoms with E-state index in [0.717, 1.165) is 4.68 Å². The number of carboxylic acid groups (broad SMARTS) is 1. The summed E-state index contributed by atoms with van der Waals surface area (Å²) in [7, 11) is 0. The van der Waals surface area contributed by atoms with Crippen LogP contribution >= 0.6 is 11.5 Å². The smallest absolute Gasteiger partial charge is 0.452 e. The quantitative estimate of drug-likeness (QED) is 0.843. The number of rotatable bonds is 5. The average Bonchev–Trinajstić information content (AvgIpc) is 2.93. The molecule has 0 fully saturated rings. The molecule has 0 aliphatic carbocycles. The van der Waals surface area contributed by atoms with Gasteiger partial charge in [-0.05, 0) is 0 Å². The molecular weight excluding hydrogens is 301 g/mol. The zero-order valence-corrected chi connectivity index (χ0v) is 10.4. The highest BCUT2D eigenvalue weighted by Crippen LogP contribution is 2.28. The van der Waals surface area contributed by atoms with E-state index in [2.05, 4.69) is 25.0 Å². The molecule has 0 bridgehead atoms. The first-order valence-electron chi connectivity index (χ1n) is 5.10. The summed E-state index contributed by atoms with van der Waals surface area (Å²) in [6.07, 6.45) is -3.21. The van der Waals surface area contributed by atoms with Gasteiger partial charge in [0.1, 0.15) is 12.2 Å². The Balaban J connectivity index is 1.93. The van der Waals surface area contributed by atoms with Crippen LogP contribution in [0.1, 0.15) is 11.5 Å². The van der Waals surface area contributed by atoms with Crippen molar-refractivity contribution in [1.82, 2.24) is 24.4 Å². The summed E-state index contributed by atoms with van der Waals surface area (Å²) in [6, 6.07) is 0. The average molecular weight is 308 g/mol. The van der Waals surface area contributed by atoms with Gasteiger partial charge in [-0.3, -0.25) is 4.79 Å². The van der Waals surface area contributed by atoms with Crippen LogP contribution in [0.25, 0.3) is 0 Å². The van der Waals surface area contributed by atoms with Crippen LogP contribution in [0.4, 0.5) is 18.3 Å². The third kappa shape index (κ3) is 3.63. The highest BCUT2D eigenvalue weighted by atomic mass is 32.1. The van der Waals surface area contributed by atoms with Crippen molar-refractivity contribution in [3.8, 4) is 0 Å². The number of hydrogen-bond donors (Lipinski definition) is 2. The molecule has 0 radical (unpaired) electrons. The van der Waals surface area contributed by atoms with Gasteiger partial charge in [0.25, 0.3) is 0 Å². The first-order chi connectivity index (χ1) is 9.34. The van der Waals surface area contributed by atoms with Crippen molar-refractivity contribution in [3.63, 3.8) is 0 Å². The van der Waals surface area contributed by atoms with Gasteiger partial charge in [0, 0.05) is 11.5 Å². The van der Waals surface area contributed by atoms with E-state index in [0.29, 0.717) is 17.2 Å². The lowest BCUT2D eigenvalue weighted by Crippen LogP contribution is -2.09. The first-order valence-corrected chi connectivity index (χ1v) is 5.87. The Hall–Kier alpha value is -2.24. The van der Waals surface area contributed by atoms with E-state index >= 15 is 0 Å². The molecule has 0 aliphatic heterocycles. The number of aliphatic carboxylic acids is 1. The summed E-state index contributed by atoms with van der Waals surface area (Å²) in [6.45, 7) is -0.282. The molecule has 8 nitrogen and oxygen atoms in total. The Bertz CT molecular complexity index is 609. The predicted molar refractivity (Wildman–Crippen MR) is 59.9 cm³/mol. The molecule has 12 heteroatoms. The number of carbonyl (C=O) groups is 1. The van der Waals surface area contributed by atoms with Crippen molar-refractivity contribution < 1.29 is 23.1 Å².